The molecule has 7 nitrogen and oxygen atoms in total. The van der Waals surface area contributed by atoms with Gasteiger partial charge in [-0.05, 0) is 37.5 Å². The molecule has 1 fully saturated rings. The third kappa shape index (κ3) is 6.34. The highest BCUT2D eigenvalue weighted by Crippen LogP contribution is 2.26. The predicted molar refractivity (Wildman–Crippen MR) is 111 cm³/mol. The van der Waals surface area contributed by atoms with Crippen LogP contribution in [0.2, 0.25) is 10.0 Å². The van der Waals surface area contributed by atoms with Crippen molar-refractivity contribution >= 4 is 50.7 Å². The molecule has 0 aromatic heterocycles. The number of sulfonamides is 1. The third-order valence-corrected chi connectivity index (χ3v) is 6.48. The Morgan fingerprint density at radius 3 is 2.46 bits per heavy atom. The minimum absolute atomic E-state index is 0.0954. The molecular formula is C18H25Cl2N3O4S. The van der Waals surface area contributed by atoms with E-state index in [4.69, 9.17) is 23.2 Å². The highest BCUT2D eigenvalue weighted by Gasteiger charge is 2.31. The molecule has 0 saturated carbocycles. The van der Waals surface area contributed by atoms with E-state index < -0.39 is 10.0 Å². The molecule has 10 heteroatoms. The Morgan fingerprint density at radius 1 is 1.25 bits per heavy atom. The Labute approximate surface area is 176 Å². The first-order chi connectivity index (χ1) is 13.1. The van der Waals surface area contributed by atoms with Gasteiger partial charge in [0.1, 0.15) is 0 Å². The van der Waals surface area contributed by atoms with E-state index in [2.05, 4.69) is 5.32 Å². The monoisotopic (exact) mass is 449 g/mol. The molecule has 1 saturated heterocycles. The molecule has 1 N–H and O–H groups in total. The normalized spacial score (nSPS) is 16.0. The lowest BCUT2D eigenvalue weighted by Crippen LogP contribution is -2.46. The highest BCUT2D eigenvalue weighted by molar-refractivity contribution is 7.88. The van der Waals surface area contributed by atoms with Gasteiger partial charge in [-0.1, -0.05) is 30.1 Å². The van der Waals surface area contributed by atoms with Gasteiger partial charge in [0.15, 0.2) is 0 Å². The Hall–Kier alpha value is -1.35. The minimum atomic E-state index is -3.25. The van der Waals surface area contributed by atoms with E-state index in [1.165, 1.54) is 15.5 Å². The van der Waals surface area contributed by atoms with E-state index in [1.807, 2.05) is 6.92 Å². The zero-order valence-electron chi connectivity index (χ0n) is 16.0. The molecular weight excluding hydrogens is 425 g/mol. The van der Waals surface area contributed by atoms with Crippen LogP contribution in [-0.4, -0.2) is 61.9 Å². The van der Waals surface area contributed by atoms with E-state index in [-0.39, 0.29) is 24.3 Å². The topological polar surface area (TPSA) is 86.8 Å². The van der Waals surface area contributed by atoms with Crippen LogP contribution in [0.15, 0.2) is 18.2 Å². The van der Waals surface area contributed by atoms with E-state index in [1.54, 1.807) is 18.2 Å². The number of halogens is 2. The SMILES string of the molecule is CCCN(CC(=O)Nc1cc(Cl)ccc1Cl)C(=O)C1CCN(S(C)(=O)=O)CC1. The maximum Gasteiger partial charge on any atom is 0.244 e. The molecule has 156 valence electrons. The van der Waals surface area contributed by atoms with Crippen LogP contribution in [0.3, 0.4) is 0 Å². The second kappa shape index (κ2) is 9.91. The van der Waals surface area contributed by atoms with E-state index >= 15 is 0 Å². The van der Waals surface area contributed by atoms with E-state index in [9.17, 15) is 18.0 Å². The van der Waals surface area contributed by atoms with Crippen molar-refractivity contribution in [3.8, 4) is 0 Å². The first-order valence-corrected chi connectivity index (χ1v) is 11.7. The number of carbonyl (C=O) groups excluding carboxylic acids is 2. The number of piperidine rings is 1. The number of carbonyl (C=O) groups is 2. The second-order valence-corrected chi connectivity index (χ2v) is 9.69. The number of nitrogens with one attached hydrogen (secondary N) is 1. The minimum Gasteiger partial charge on any atom is -0.333 e. The molecule has 1 aromatic rings. The van der Waals surface area contributed by atoms with Crippen molar-refractivity contribution in [2.45, 2.75) is 26.2 Å². The van der Waals surface area contributed by atoms with Crippen molar-refractivity contribution in [3.05, 3.63) is 28.2 Å². The number of rotatable bonds is 7. The van der Waals surface area contributed by atoms with Crippen LogP contribution in [0.5, 0.6) is 0 Å². The lowest BCUT2D eigenvalue weighted by molar-refractivity contribution is -0.139. The van der Waals surface area contributed by atoms with Crippen molar-refractivity contribution in [3.63, 3.8) is 0 Å². The lowest BCUT2D eigenvalue weighted by atomic mass is 9.96. The fourth-order valence-electron chi connectivity index (χ4n) is 3.19. The van der Waals surface area contributed by atoms with Gasteiger partial charge in [-0.25, -0.2) is 12.7 Å². The van der Waals surface area contributed by atoms with Crippen LogP contribution in [0.4, 0.5) is 5.69 Å². The van der Waals surface area contributed by atoms with Gasteiger partial charge in [-0.15, -0.1) is 0 Å². The molecule has 1 aromatic carbocycles. The van der Waals surface area contributed by atoms with Gasteiger partial charge >= 0.3 is 0 Å². The number of hydrogen-bond acceptors (Lipinski definition) is 4. The average molecular weight is 450 g/mol. The summed E-state index contributed by atoms with van der Waals surface area (Å²) >= 11 is 12.0. The Balaban J connectivity index is 1.99. The van der Waals surface area contributed by atoms with Gasteiger partial charge in [-0.3, -0.25) is 9.59 Å². The van der Waals surface area contributed by atoms with Gasteiger partial charge in [-0.2, -0.15) is 0 Å². The van der Waals surface area contributed by atoms with Crippen molar-refractivity contribution in [2.24, 2.45) is 5.92 Å². The molecule has 0 unspecified atom stereocenters. The summed E-state index contributed by atoms with van der Waals surface area (Å²) in [4.78, 5) is 26.8. The zero-order valence-corrected chi connectivity index (χ0v) is 18.3. The summed E-state index contributed by atoms with van der Waals surface area (Å²) in [6.45, 7) is 2.92. The van der Waals surface area contributed by atoms with Gasteiger partial charge in [0.2, 0.25) is 21.8 Å². The quantitative estimate of drug-likeness (QED) is 0.692. The van der Waals surface area contributed by atoms with Crippen LogP contribution >= 0.6 is 23.2 Å². The second-order valence-electron chi connectivity index (χ2n) is 6.87. The molecule has 2 rings (SSSR count). The molecule has 0 bridgehead atoms. The first-order valence-electron chi connectivity index (χ1n) is 9.10. The standard InChI is InChI=1S/C18H25Cl2N3O4S/c1-3-8-22(12-17(24)21-16-11-14(19)4-5-15(16)20)18(25)13-6-9-23(10-7-13)28(2,26)27/h4-5,11,13H,3,6-10,12H2,1-2H3,(H,21,24). The van der Waals surface area contributed by atoms with Crippen molar-refractivity contribution in [1.29, 1.82) is 0 Å². The number of hydrogen-bond donors (Lipinski definition) is 1. The molecule has 0 atom stereocenters. The summed E-state index contributed by atoms with van der Waals surface area (Å²) < 4.78 is 24.6. The molecule has 1 heterocycles. The molecule has 28 heavy (non-hydrogen) atoms. The van der Waals surface area contributed by atoms with Gasteiger partial charge < -0.3 is 10.2 Å². The fourth-order valence-corrected chi connectivity index (χ4v) is 4.40. The van der Waals surface area contributed by atoms with Crippen molar-refractivity contribution in [2.75, 3.05) is 37.8 Å². The smallest absolute Gasteiger partial charge is 0.244 e. The fraction of sp³-hybridized carbons (Fsp3) is 0.556. The largest absolute Gasteiger partial charge is 0.333 e. The van der Waals surface area contributed by atoms with Crippen LogP contribution in [-0.2, 0) is 19.6 Å². The lowest BCUT2D eigenvalue weighted by Gasteiger charge is -2.32. The number of amides is 2. The third-order valence-electron chi connectivity index (χ3n) is 4.61. The zero-order chi connectivity index (χ0) is 20.9. The molecule has 0 aliphatic carbocycles. The van der Waals surface area contributed by atoms with Crippen LogP contribution in [0.25, 0.3) is 0 Å². The first kappa shape index (κ1) is 22.9. The molecule has 2 amide bonds. The van der Waals surface area contributed by atoms with Crippen LogP contribution in [0.1, 0.15) is 26.2 Å². The molecule has 0 radical (unpaired) electrons. The maximum atomic E-state index is 12.9. The van der Waals surface area contributed by atoms with Crippen molar-refractivity contribution in [1.82, 2.24) is 9.21 Å². The van der Waals surface area contributed by atoms with Crippen LogP contribution in [0, 0.1) is 5.92 Å². The van der Waals surface area contributed by atoms with Crippen molar-refractivity contribution < 1.29 is 18.0 Å². The summed E-state index contributed by atoms with van der Waals surface area (Å²) in [5.41, 5.74) is 0.393. The van der Waals surface area contributed by atoms with Gasteiger partial charge in [0, 0.05) is 30.6 Å². The number of anilines is 1. The summed E-state index contributed by atoms with van der Waals surface area (Å²) in [5.74, 6) is -0.769. The van der Waals surface area contributed by atoms with Gasteiger partial charge in [0.25, 0.3) is 0 Å². The number of benzene rings is 1. The molecule has 1 aliphatic rings. The van der Waals surface area contributed by atoms with E-state index in [0.717, 1.165) is 0 Å². The Bertz CT molecular complexity index is 824. The van der Waals surface area contributed by atoms with Crippen LogP contribution < -0.4 is 5.32 Å². The Morgan fingerprint density at radius 2 is 1.89 bits per heavy atom. The van der Waals surface area contributed by atoms with E-state index in [0.29, 0.717) is 54.6 Å². The Kier molecular flexibility index (Phi) is 8.12. The average Bonchev–Trinajstić information content (AvgIpc) is 2.63. The highest BCUT2D eigenvalue weighted by atomic mass is 35.5. The summed E-state index contributed by atoms with van der Waals surface area (Å²) in [6.07, 6.45) is 2.78. The summed E-state index contributed by atoms with van der Waals surface area (Å²) in [5, 5.41) is 3.49. The van der Waals surface area contributed by atoms with Gasteiger partial charge in [0.05, 0.1) is 23.5 Å². The number of nitrogens with zero attached hydrogens (tertiary/aromatic N) is 2. The summed E-state index contributed by atoms with van der Waals surface area (Å²) in [7, 11) is -3.25. The molecule has 1 aliphatic heterocycles. The predicted octanol–water partition coefficient (Wildman–Crippen LogP) is 2.84. The maximum absolute atomic E-state index is 12.9. The summed E-state index contributed by atoms with van der Waals surface area (Å²) in [6, 6.07) is 4.76. The molecule has 0 spiro atoms.